The lowest BCUT2D eigenvalue weighted by Crippen LogP contribution is -2.21. The molecule has 1 atom stereocenters. The molecule has 1 heterocycles. The number of nitrogens with zero attached hydrogens (tertiary/aromatic N) is 2. The Morgan fingerprint density at radius 2 is 2.15 bits per heavy atom. The first-order chi connectivity index (χ1) is 9.58. The van der Waals surface area contributed by atoms with Gasteiger partial charge in [0, 0.05) is 23.8 Å². The predicted octanol–water partition coefficient (Wildman–Crippen LogP) is 3.77. The number of rotatable bonds is 6. The van der Waals surface area contributed by atoms with E-state index in [9.17, 15) is 0 Å². The molecule has 2 aromatic rings. The predicted molar refractivity (Wildman–Crippen MR) is 86.8 cm³/mol. The van der Waals surface area contributed by atoms with Gasteiger partial charge in [-0.3, -0.25) is 4.68 Å². The van der Waals surface area contributed by atoms with Gasteiger partial charge in [0.2, 0.25) is 0 Å². The third kappa shape index (κ3) is 4.18. The first-order valence-electron chi connectivity index (χ1n) is 7.06. The molecule has 0 fully saturated rings. The summed E-state index contributed by atoms with van der Waals surface area (Å²) in [6.07, 6.45) is 6.16. The fourth-order valence-corrected chi connectivity index (χ4v) is 3.14. The first kappa shape index (κ1) is 15.3. The topological polar surface area (TPSA) is 29.9 Å². The van der Waals surface area contributed by atoms with Gasteiger partial charge in [-0.15, -0.1) is 0 Å². The van der Waals surface area contributed by atoms with Crippen LogP contribution in [0.15, 0.2) is 35.1 Å². The quantitative estimate of drug-likeness (QED) is 0.870. The Hall–Kier alpha value is -1.13. The number of aryl methyl sites for hydroxylation is 3. The standard InChI is InChI=1S/C16H22BrN3/c1-4-18-16(6-5-13-10-19-20(3)11-13)14-7-12(2)8-15(17)9-14/h7-11,16,18H,4-6H2,1-3H3. The van der Waals surface area contributed by atoms with Gasteiger partial charge in [-0.25, -0.2) is 0 Å². The molecule has 1 aromatic heterocycles. The van der Waals surface area contributed by atoms with Crippen LogP contribution in [0.5, 0.6) is 0 Å². The second-order valence-electron chi connectivity index (χ2n) is 5.23. The molecule has 0 amide bonds. The Morgan fingerprint density at radius 3 is 2.75 bits per heavy atom. The molecule has 1 aromatic carbocycles. The highest BCUT2D eigenvalue weighted by molar-refractivity contribution is 9.10. The summed E-state index contributed by atoms with van der Waals surface area (Å²) < 4.78 is 3.01. The zero-order valence-electron chi connectivity index (χ0n) is 12.4. The van der Waals surface area contributed by atoms with E-state index in [-0.39, 0.29) is 0 Å². The van der Waals surface area contributed by atoms with Crippen LogP contribution in [0.25, 0.3) is 0 Å². The molecule has 0 radical (unpaired) electrons. The molecule has 1 unspecified atom stereocenters. The minimum absolute atomic E-state index is 0.386. The normalized spacial score (nSPS) is 12.6. The molecule has 20 heavy (non-hydrogen) atoms. The Bertz CT molecular complexity index is 542. The summed E-state index contributed by atoms with van der Waals surface area (Å²) in [4.78, 5) is 0. The third-order valence-corrected chi connectivity index (χ3v) is 3.86. The number of hydrogen-bond donors (Lipinski definition) is 1. The average Bonchev–Trinajstić information content (AvgIpc) is 2.79. The number of nitrogens with one attached hydrogen (secondary N) is 1. The van der Waals surface area contributed by atoms with E-state index in [2.05, 4.69) is 64.6 Å². The van der Waals surface area contributed by atoms with Crippen molar-refractivity contribution in [2.24, 2.45) is 7.05 Å². The van der Waals surface area contributed by atoms with E-state index in [0.29, 0.717) is 6.04 Å². The lowest BCUT2D eigenvalue weighted by Gasteiger charge is -2.19. The minimum atomic E-state index is 0.386. The summed E-state index contributed by atoms with van der Waals surface area (Å²) in [6, 6.07) is 7.01. The highest BCUT2D eigenvalue weighted by Crippen LogP contribution is 2.24. The average molecular weight is 336 g/mol. The van der Waals surface area contributed by atoms with Gasteiger partial charge in [-0.1, -0.05) is 28.9 Å². The van der Waals surface area contributed by atoms with E-state index < -0.39 is 0 Å². The summed E-state index contributed by atoms with van der Waals surface area (Å²) in [6.45, 7) is 5.27. The van der Waals surface area contributed by atoms with E-state index in [0.717, 1.165) is 23.9 Å². The van der Waals surface area contributed by atoms with Crippen molar-refractivity contribution in [1.82, 2.24) is 15.1 Å². The lowest BCUT2D eigenvalue weighted by molar-refractivity contribution is 0.515. The van der Waals surface area contributed by atoms with Crippen LogP contribution in [0.4, 0.5) is 0 Å². The van der Waals surface area contributed by atoms with Crippen LogP contribution in [-0.2, 0) is 13.5 Å². The van der Waals surface area contributed by atoms with Gasteiger partial charge in [-0.05, 0) is 55.1 Å². The Labute approximate surface area is 129 Å². The first-order valence-corrected chi connectivity index (χ1v) is 7.85. The molecule has 0 aliphatic carbocycles. The van der Waals surface area contributed by atoms with Crippen LogP contribution in [-0.4, -0.2) is 16.3 Å². The molecule has 0 aliphatic rings. The van der Waals surface area contributed by atoms with Crippen LogP contribution in [0.2, 0.25) is 0 Å². The van der Waals surface area contributed by atoms with Crippen molar-refractivity contribution in [3.63, 3.8) is 0 Å². The van der Waals surface area contributed by atoms with E-state index in [1.165, 1.54) is 16.7 Å². The number of hydrogen-bond acceptors (Lipinski definition) is 2. The van der Waals surface area contributed by atoms with Gasteiger partial charge < -0.3 is 5.32 Å². The fraction of sp³-hybridized carbons (Fsp3) is 0.438. The van der Waals surface area contributed by atoms with Crippen molar-refractivity contribution in [3.05, 3.63) is 51.8 Å². The summed E-state index contributed by atoms with van der Waals surface area (Å²) in [7, 11) is 1.96. The fourth-order valence-electron chi connectivity index (χ4n) is 2.51. The van der Waals surface area contributed by atoms with Crippen molar-refractivity contribution in [2.75, 3.05) is 6.54 Å². The SMILES string of the molecule is CCNC(CCc1cnn(C)c1)c1cc(C)cc(Br)c1. The Balaban J connectivity index is 2.09. The van der Waals surface area contributed by atoms with E-state index in [4.69, 9.17) is 0 Å². The maximum atomic E-state index is 4.23. The third-order valence-electron chi connectivity index (χ3n) is 3.40. The molecule has 2 rings (SSSR count). The molecular formula is C16H22BrN3. The highest BCUT2D eigenvalue weighted by Gasteiger charge is 2.12. The molecular weight excluding hydrogens is 314 g/mol. The Morgan fingerprint density at radius 1 is 1.35 bits per heavy atom. The van der Waals surface area contributed by atoms with Crippen molar-refractivity contribution in [2.45, 2.75) is 32.7 Å². The maximum absolute atomic E-state index is 4.23. The van der Waals surface area contributed by atoms with Gasteiger partial charge in [0.1, 0.15) is 0 Å². The number of halogens is 1. The lowest BCUT2D eigenvalue weighted by atomic mass is 9.98. The minimum Gasteiger partial charge on any atom is -0.310 e. The number of benzene rings is 1. The van der Waals surface area contributed by atoms with Gasteiger partial charge in [-0.2, -0.15) is 5.10 Å². The van der Waals surface area contributed by atoms with E-state index in [1.807, 2.05) is 17.9 Å². The molecule has 0 spiro atoms. The molecule has 1 N–H and O–H groups in total. The van der Waals surface area contributed by atoms with Crippen molar-refractivity contribution >= 4 is 15.9 Å². The monoisotopic (exact) mass is 335 g/mol. The van der Waals surface area contributed by atoms with Gasteiger partial charge in [0.15, 0.2) is 0 Å². The van der Waals surface area contributed by atoms with Gasteiger partial charge >= 0.3 is 0 Å². The molecule has 0 aliphatic heterocycles. The summed E-state index contributed by atoms with van der Waals surface area (Å²) in [5.74, 6) is 0. The van der Waals surface area contributed by atoms with Crippen molar-refractivity contribution < 1.29 is 0 Å². The zero-order chi connectivity index (χ0) is 14.5. The van der Waals surface area contributed by atoms with Gasteiger partial charge in [0.25, 0.3) is 0 Å². The van der Waals surface area contributed by atoms with Crippen LogP contribution in [0.3, 0.4) is 0 Å². The zero-order valence-corrected chi connectivity index (χ0v) is 13.9. The second kappa shape index (κ2) is 7.04. The van der Waals surface area contributed by atoms with E-state index >= 15 is 0 Å². The molecule has 108 valence electrons. The van der Waals surface area contributed by atoms with Gasteiger partial charge in [0.05, 0.1) is 6.20 Å². The van der Waals surface area contributed by atoms with Crippen molar-refractivity contribution in [3.8, 4) is 0 Å². The Kier molecular flexibility index (Phi) is 5.38. The molecule has 0 bridgehead atoms. The molecule has 0 saturated carbocycles. The molecule has 3 nitrogen and oxygen atoms in total. The largest absolute Gasteiger partial charge is 0.310 e. The van der Waals surface area contributed by atoms with Crippen LogP contribution in [0.1, 0.15) is 36.1 Å². The molecule has 0 saturated heterocycles. The summed E-state index contributed by atoms with van der Waals surface area (Å²) in [5.41, 5.74) is 3.93. The smallest absolute Gasteiger partial charge is 0.0521 e. The van der Waals surface area contributed by atoms with Crippen LogP contribution < -0.4 is 5.32 Å². The van der Waals surface area contributed by atoms with E-state index in [1.54, 1.807) is 0 Å². The second-order valence-corrected chi connectivity index (χ2v) is 6.15. The molecule has 4 heteroatoms. The number of aromatic nitrogens is 2. The maximum Gasteiger partial charge on any atom is 0.0521 e. The van der Waals surface area contributed by atoms with Crippen LogP contribution in [0, 0.1) is 6.92 Å². The summed E-state index contributed by atoms with van der Waals surface area (Å²) in [5, 5.41) is 7.81. The summed E-state index contributed by atoms with van der Waals surface area (Å²) >= 11 is 3.59. The van der Waals surface area contributed by atoms with Crippen molar-refractivity contribution in [1.29, 1.82) is 0 Å². The highest BCUT2D eigenvalue weighted by atomic mass is 79.9. The van der Waals surface area contributed by atoms with Crippen LogP contribution >= 0.6 is 15.9 Å².